The summed E-state index contributed by atoms with van der Waals surface area (Å²) in [6, 6.07) is 8.69. The Labute approximate surface area is 116 Å². The zero-order chi connectivity index (χ0) is 15.6. The van der Waals surface area contributed by atoms with Crippen molar-refractivity contribution in [1.29, 1.82) is 0 Å². The number of nitrogens with zero attached hydrogens (tertiary/aromatic N) is 1. The fourth-order valence-corrected chi connectivity index (χ4v) is 3.73. The lowest BCUT2D eigenvalue weighted by atomic mass is 10.3. The molecule has 0 spiro atoms. The summed E-state index contributed by atoms with van der Waals surface area (Å²) < 4.78 is 22.4. The minimum absolute atomic E-state index is 0.142. The molecule has 114 valence electrons. The molecule has 0 bridgehead atoms. The molecule has 1 rings (SSSR count). The van der Waals surface area contributed by atoms with Crippen molar-refractivity contribution in [2.24, 2.45) is 0 Å². The minimum atomic E-state index is -5.39. The maximum atomic E-state index is 11.2. The minimum Gasteiger partial charge on any atom is -0.374 e. The average molecular weight is 325 g/mol. The van der Waals surface area contributed by atoms with E-state index in [1.807, 2.05) is 0 Å². The Morgan fingerprint density at radius 2 is 1.50 bits per heavy atom. The van der Waals surface area contributed by atoms with Gasteiger partial charge < -0.3 is 29.6 Å². The van der Waals surface area contributed by atoms with E-state index in [4.69, 9.17) is 19.6 Å². The first-order valence-electron chi connectivity index (χ1n) is 5.59. The number of rotatable bonds is 6. The first-order valence-corrected chi connectivity index (χ1v) is 8.81. The van der Waals surface area contributed by atoms with Gasteiger partial charge in [0.2, 0.25) is 0 Å². The summed E-state index contributed by atoms with van der Waals surface area (Å²) >= 11 is 0. The summed E-state index contributed by atoms with van der Waals surface area (Å²) in [4.78, 5) is 37.5. The maximum Gasteiger partial charge on any atom is 0.369 e. The van der Waals surface area contributed by atoms with Gasteiger partial charge in [-0.2, -0.15) is 0 Å². The second kappa shape index (κ2) is 5.95. The zero-order valence-corrected chi connectivity index (χ0v) is 12.5. The van der Waals surface area contributed by atoms with E-state index < -0.39 is 26.7 Å². The SMILES string of the molecule is CN(CCC(O)(P(=O)(O)O)P(=O)(O)O)c1ccccc1. The largest absolute Gasteiger partial charge is 0.374 e. The van der Waals surface area contributed by atoms with E-state index in [0.29, 0.717) is 5.69 Å². The van der Waals surface area contributed by atoms with Crippen LogP contribution in [0.2, 0.25) is 0 Å². The van der Waals surface area contributed by atoms with Crippen LogP contribution in [0.15, 0.2) is 30.3 Å². The third kappa shape index (κ3) is 3.68. The van der Waals surface area contributed by atoms with Crippen LogP contribution in [0.4, 0.5) is 5.69 Å². The Bertz CT molecular complexity index is 516. The smallest absolute Gasteiger partial charge is 0.369 e. The van der Waals surface area contributed by atoms with Crippen molar-refractivity contribution in [1.82, 2.24) is 0 Å². The molecule has 5 N–H and O–H groups in total. The van der Waals surface area contributed by atoms with Crippen molar-refractivity contribution in [3.05, 3.63) is 30.3 Å². The Morgan fingerprint density at radius 1 is 1.05 bits per heavy atom. The van der Waals surface area contributed by atoms with Gasteiger partial charge in [0.05, 0.1) is 0 Å². The van der Waals surface area contributed by atoms with Crippen LogP contribution >= 0.6 is 15.2 Å². The molecule has 0 saturated heterocycles. The highest BCUT2D eigenvalue weighted by molar-refractivity contribution is 7.72. The summed E-state index contributed by atoms with van der Waals surface area (Å²) in [6.07, 6.45) is -0.771. The Hall–Kier alpha value is -0.720. The quantitative estimate of drug-likeness (QED) is 0.477. The molecule has 0 saturated carbocycles. The number of aliphatic hydroxyl groups is 1. The summed E-state index contributed by atoms with van der Waals surface area (Å²) in [5, 5.41) is 6.36. The molecule has 8 nitrogen and oxygen atoms in total. The van der Waals surface area contributed by atoms with Gasteiger partial charge in [-0.3, -0.25) is 9.13 Å². The zero-order valence-electron chi connectivity index (χ0n) is 10.7. The number of para-hydroxylation sites is 1. The van der Waals surface area contributed by atoms with E-state index in [1.54, 1.807) is 37.4 Å². The highest BCUT2D eigenvalue weighted by atomic mass is 31.2. The summed E-state index contributed by atoms with van der Waals surface area (Å²) in [5.41, 5.74) is 0.686. The molecule has 0 amide bonds. The van der Waals surface area contributed by atoms with Crippen molar-refractivity contribution in [3.8, 4) is 0 Å². The van der Waals surface area contributed by atoms with Gasteiger partial charge in [0.1, 0.15) is 0 Å². The van der Waals surface area contributed by atoms with E-state index >= 15 is 0 Å². The molecule has 0 aliphatic rings. The normalized spacial score (nSPS) is 13.3. The highest BCUT2D eigenvalue weighted by Crippen LogP contribution is 2.68. The van der Waals surface area contributed by atoms with Crippen LogP contribution in [-0.2, 0) is 9.13 Å². The molecule has 0 aromatic heterocycles. The molecule has 0 heterocycles. The molecule has 1 aromatic rings. The summed E-state index contributed by atoms with van der Waals surface area (Å²) in [6.45, 7) is -0.142. The van der Waals surface area contributed by atoms with Gasteiger partial charge in [0, 0.05) is 25.7 Å². The van der Waals surface area contributed by atoms with E-state index in [2.05, 4.69) is 0 Å². The first kappa shape index (κ1) is 17.3. The van der Waals surface area contributed by atoms with Crippen molar-refractivity contribution >= 4 is 20.9 Å². The highest BCUT2D eigenvalue weighted by Gasteiger charge is 2.58. The topological polar surface area (TPSA) is 139 Å². The van der Waals surface area contributed by atoms with Gasteiger partial charge in [-0.25, -0.2) is 0 Å². The predicted molar refractivity (Wildman–Crippen MR) is 73.4 cm³/mol. The molecular formula is C10H17NO7P2. The number of benzene rings is 1. The summed E-state index contributed by atoms with van der Waals surface area (Å²) in [5.74, 6) is 0. The van der Waals surface area contributed by atoms with Crippen LogP contribution < -0.4 is 4.90 Å². The molecule has 0 unspecified atom stereocenters. The van der Waals surface area contributed by atoms with Crippen LogP contribution in [-0.4, -0.2) is 43.4 Å². The molecule has 0 aliphatic heterocycles. The molecule has 0 radical (unpaired) electrons. The van der Waals surface area contributed by atoms with Gasteiger partial charge in [-0.05, 0) is 12.1 Å². The Kier molecular flexibility index (Phi) is 5.16. The van der Waals surface area contributed by atoms with E-state index in [-0.39, 0.29) is 6.54 Å². The lowest BCUT2D eigenvalue weighted by Crippen LogP contribution is -2.33. The lowest BCUT2D eigenvalue weighted by Gasteiger charge is -2.31. The van der Waals surface area contributed by atoms with Crippen LogP contribution in [0.25, 0.3) is 0 Å². The average Bonchev–Trinajstić information content (AvgIpc) is 2.33. The van der Waals surface area contributed by atoms with Crippen molar-refractivity contribution in [2.75, 3.05) is 18.5 Å². The molecule has 0 fully saturated rings. The van der Waals surface area contributed by atoms with Gasteiger partial charge in [0.15, 0.2) is 0 Å². The van der Waals surface area contributed by atoms with Gasteiger partial charge in [-0.1, -0.05) is 18.2 Å². The van der Waals surface area contributed by atoms with E-state index in [1.165, 1.54) is 4.90 Å². The van der Waals surface area contributed by atoms with Gasteiger partial charge >= 0.3 is 15.2 Å². The molecular weight excluding hydrogens is 308 g/mol. The second-order valence-electron chi connectivity index (χ2n) is 4.37. The standard InChI is InChI=1S/C10H17NO7P2/c1-11(9-5-3-2-4-6-9)8-7-10(12,19(13,14)15)20(16,17)18/h2-6,12H,7-8H2,1H3,(H2,13,14,15)(H2,16,17,18). The fraction of sp³-hybridized carbons (Fsp3) is 0.400. The number of anilines is 1. The Balaban J connectivity index is 2.90. The molecule has 0 atom stereocenters. The van der Waals surface area contributed by atoms with E-state index in [0.717, 1.165) is 0 Å². The molecule has 20 heavy (non-hydrogen) atoms. The predicted octanol–water partition coefficient (Wildman–Crippen LogP) is 0.514. The van der Waals surface area contributed by atoms with Gasteiger partial charge in [-0.15, -0.1) is 0 Å². The summed E-state index contributed by atoms with van der Waals surface area (Å²) in [7, 11) is -9.20. The van der Waals surface area contributed by atoms with Crippen LogP contribution in [0, 0.1) is 0 Å². The van der Waals surface area contributed by atoms with Crippen molar-refractivity contribution < 1.29 is 33.8 Å². The third-order valence-corrected chi connectivity index (χ3v) is 6.79. The number of hydrogen-bond acceptors (Lipinski definition) is 4. The molecule has 0 aliphatic carbocycles. The second-order valence-corrected chi connectivity index (χ2v) is 8.38. The fourth-order valence-electron chi connectivity index (χ4n) is 1.59. The van der Waals surface area contributed by atoms with Crippen LogP contribution in [0.3, 0.4) is 0 Å². The van der Waals surface area contributed by atoms with E-state index in [9.17, 15) is 14.2 Å². The van der Waals surface area contributed by atoms with Crippen LogP contribution in [0.5, 0.6) is 0 Å². The third-order valence-electron chi connectivity index (χ3n) is 2.91. The van der Waals surface area contributed by atoms with Crippen molar-refractivity contribution in [3.63, 3.8) is 0 Å². The van der Waals surface area contributed by atoms with Crippen molar-refractivity contribution in [2.45, 2.75) is 11.5 Å². The van der Waals surface area contributed by atoms with Crippen LogP contribution in [0.1, 0.15) is 6.42 Å². The molecule has 1 aromatic carbocycles. The van der Waals surface area contributed by atoms with Gasteiger partial charge in [0.25, 0.3) is 5.08 Å². The molecule has 10 heteroatoms. The maximum absolute atomic E-state index is 11.2. The first-order chi connectivity index (χ1) is 8.99. The Morgan fingerprint density at radius 3 is 1.90 bits per heavy atom. The monoisotopic (exact) mass is 325 g/mol. The number of hydrogen-bond donors (Lipinski definition) is 5. The lowest BCUT2D eigenvalue weighted by molar-refractivity contribution is 0.125.